The minimum atomic E-state index is -0.948. The number of pyridine rings is 1. The fourth-order valence-corrected chi connectivity index (χ4v) is 1.33. The average Bonchev–Trinajstić information content (AvgIpc) is 2.25. The Morgan fingerprint density at radius 1 is 1.37 bits per heavy atom. The summed E-state index contributed by atoms with van der Waals surface area (Å²) in [5.74, 6) is -1.64. The molecule has 0 spiro atoms. The lowest BCUT2D eigenvalue weighted by atomic mass is 10.0. The lowest BCUT2D eigenvalue weighted by Gasteiger charge is -2.19. The zero-order valence-electron chi connectivity index (χ0n) is 11.4. The van der Waals surface area contributed by atoms with Gasteiger partial charge in [-0.25, -0.2) is 4.79 Å². The van der Waals surface area contributed by atoms with Crippen molar-refractivity contribution >= 4 is 17.7 Å². The first-order chi connectivity index (χ1) is 8.69. The van der Waals surface area contributed by atoms with Crippen LogP contribution in [0.15, 0.2) is 18.5 Å². The number of aromatic nitrogens is 1. The number of hydrogen-bond donors (Lipinski definition) is 2. The third-order valence-electron chi connectivity index (χ3n) is 2.28. The summed E-state index contributed by atoms with van der Waals surface area (Å²) in [6, 6.07) is 1.57. The maximum absolute atomic E-state index is 11.6. The topological polar surface area (TPSA) is 88.5 Å². The average molecular weight is 266 g/mol. The Hall–Kier alpha value is -2.11. The molecule has 1 amide bonds. The third-order valence-corrected chi connectivity index (χ3v) is 2.28. The molecular weight excluding hydrogens is 248 g/mol. The van der Waals surface area contributed by atoms with Gasteiger partial charge in [0.15, 0.2) is 0 Å². The van der Waals surface area contributed by atoms with Crippen LogP contribution in [0.1, 0.15) is 39.2 Å². The van der Waals surface area contributed by atoms with Crippen molar-refractivity contribution in [2.75, 3.05) is 5.32 Å². The van der Waals surface area contributed by atoms with E-state index in [1.54, 1.807) is 33.8 Å². The van der Waals surface area contributed by atoms with E-state index in [1.165, 1.54) is 12.4 Å². The monoisotopic (exact) mass is 266 g/mol. The molecule has 0 radical (unpaired) electrons. The third kappa shape index (κ3) is 4.95. The molecule has 1 atom stereocenters. The van der Waals surface area contributed by atoms with Gasteiger partial charge in [-0.1, -0.05) is 0 Å². The Kier molecular flexibility index (Phi) is 4.47. The lowest BCUT2D eigenvalue weighted by Crippen LogP contribution is -2.27. The molecular formula is C13H18N2O4. The zero-order chi connectivity index (χ0) is 14.6. The quantitative estimate of drug-likeness (QED) is 0.877. The first kappa shape index (κ1) is 14.9. The van der Waals surface area contributed by atoms with E-state index in [-0.39, 0.29) is 0 Å². The second kappa shape index (κ2) is 5.69. The summed E-state index contributed by atoms with van der Waals surface area (Å²) < 4.78 is 5.10. The van der Waals surface area contributed by atoms with Crippen LogP contribution in [-0.2, 0) is 9.53 Å². The zero-order valence-corrected chi connectivity index (χ0v) is 11.4. The number of anilines is 1. The summed E-state index contributed by atoms with van der Waals surface area (Å²) in [5, 5.41) is 11.4. The Balaban J connectivity index is 2.78. The summed E-state index contributed by atoms with van der Waals surface area (Å²) in [7, 11) is 0. The number of carboxylic acids is 1. The molecule has 0 aliphatic heterocycles. The number of aliphatic carboxylic acids is 1. The summed E-state index contributed by atoms with van der Waals surface area (Å²) in [4.78, 5) is 26.4. The number of nitrogens with one attached hydrogen (secondary N) is 1. The highest BCUT2D eigenvalue weighted by molar-refractivity contribution is 5.85. The van der Waals surface area contributed by atoms with Crippen LogP contribution in [0.5, 0.6) is 0 Å². The summed E-state index contributed by atoms with van der Waals surface area (Å²) in [5.41, 5.74) is 0.324. The van der Waals surface area contributed by atoms with Gasteiger partial charge in [0.1, 0.15) is 5.60 Å². The second-order valence-electron chi connectivity index (χ2n) is 5.19. The summed E-state index contributed by atoms with van der Waals surface area (Å²) in [6.45, 7) is 6.83. The highest BCUT2D eigenvalue weighted by atomic mass is 16.6. The van der Waals surface area contributed by atoms with E-state index in [0.717, 1.165) is 0 Å². The molecule has 0 bridgehead atoms. The molecule has 0 aliphatic rings. The Morgan fingerprint density at radius 2 is 2.00 bits per heavy atom. The molecule has 1 aromatic heterocycles. The van der Waals surface area contributed by atoms with Gasteiger partial charge in [0.25, 0.3) is 0 Å². The van der Waals surface area contributed by atoms with Gasteiger partial charge < -0.3 is 9.84 Å². The van der Waals surface area contributed by atoms with E-state index < -0.39 is 23.6 Å². The number of nitrogens with zero attached hydrogens (tertiary/aromatic N) is 1. The van der Waals surface area contributed by atoms with Crippen LogP contribution in [0.4, 0.5) is 10.5 Å². The highest BCUT2D eigenvalue weighted by Crippen LogP contribution is 2.18. The normalized spacial score (nSPS) is 12.6. The van der Waals surface area contributed by atoms with E-state index >= 15 is 0 Å². The van der Waals surface area contributed by atoms with Gasteiger partial charge in [0, 0.05) is 6.20 Å². The fourth-order valence-electron chi connectivity index (χ4n) is 1.33. The number of carboxylic acid groups (broad SMARTS) is 1. The molecule has 0 aliphatic carbocycles. The number of hydrogen-bond acceptors (Lipinski definition) is 4. The smallest absolute Gasteiger partial charge is 0.412 e. The van der Waals surface area contributed by atoms with Gasteiger partial charge >= 0.3 is 12.1 Å². The Morgan fingerprint density at radius 3 is 2.53 bits per heavy atom. The molecule has 1 heterocycles. The van der Waals surface area contributed by atoms with Gasteiger partial charge in [-0.15, -0.1) is 0 Å². The molecule has 1 unspecified atom stereocenters. The lowest BCUT2D eigenvalue weighted by molar-refractivity contribution is -0.138. The maximum atomic E-state index is 11.6. The van der Waals surface area contributed by atoms with E-state index in [4.69, 9.17) is 9.84 Å². The minimum Gasteiger partial charge on any atom is -0.481 e. The first-order valence-corrected chi connectivity index (χ1v) is 5.87. The minimum absolute atomic E-state index is 0.403. The van der Waals surface area contributed by atoms with Crippen molar-refractivity contribution < 1.29 is 19.4 Å². The van der Waals surface area contributed by atoms with E-state index in [2.05, 4.69) is 10.3 Å². The standard InChI is InChI=1S/C13H18N2O4/c1-8(11(16)17)9-5-10(7-14-6-9)15-12(18)19-13(2,3)4/h5-8H,1-4H3,(H,15,18)(H,16,17). The van der Waals surface area contributed by atoms with Gasteiger partial charge in [0.05, 0.1) is 17.8 Å². The van der Waals surface area contributed by atoms with Crippen molar-refractivity contribution in [1.29, 1.82) is 0 Å². The van der Waals surface area contributed by atoms with Crippen LogP contribution in [0, 0.1) is 0 Å². The highest BCUT2D eigenvalue weighted by Gasteiger charge is 2.18. The van der Waals surface area contributed by atoms with Crippen molar-refractivity contribution in [3.8, 4) is 0 Å². The number of rotatable bonds is 3. The molecule has 6 nitrogen and oxygen atoms in total. The fraction of sp³-hybridized carbons (Fsp3) is 0.462. The van der Waals surface area contributed by atoms with E-state index in [9.17, 15) is 9.59 Å². The largest absolute Gasteiger partial charge is 0.481 e. The van der Waals surface area contributed by atoms with Gasteiger partial charge in [-0.05, 0) is 39.3 Å². The van der Waals surface area contributed by atoms with Crippen LogP contribution >= 0.6 is 0 Å². The van der Waals surface area contributed by atoms with Crippen LogP contribution in [0.3, 0.4) is 0 Å². The second-order valence-corrected chi connectivity index (χ2v) is 5.19. The maximum Gasteiger partial charge on any atom is 0.412 e. The SMILES string of the molecule is CC(C(=O)O)c1cncc(NC(=O)OC(C)(C)C)c1. The van der Waals surface area contributed by atoms with E-state index in [1.807, 2.05) is 0 Å². The van der Waals surface area contributed by atoms with Crippen molar-refractivity contribution in [2.24, 2.45) is 0 Å². The number of carbonyl (C=O) groups is 2. The first-order valence-electron chi connectivity index (χ1n) is 5.87. The van der Waals surface area contributed by atoms with E-state index in [0.29, 0.717) is 11.3 Å². The molecule has 0 saturated heterocycles. The molecule has 0 aromatic carbocycles. The molecule has 104 valence electrons. The van der Waals surface area contributed by atoms with Crippen molar-refractivity contribution in [3.05, 3.63) is 24.0 Å². The van der Waals surface area contributed by atoms with Crippen LogP contribution in [0.25, 0.3) is 0 Å². The molecule has 19 heavy (non-hydrogen) atoms. The van der Waals surface area contributed by atoms with Gasteiger partial charge in [-0.3, -0.25) is 15.1 Å². The number of amides is 1. The number of carbonyl (C=O) groups excluding carboxylic acids is 1. The van der Waals surface area contributed by atoms with Crippen molar-refractivity contribution in [3.63, 3.8) is 0 Å². The number of ether oxygens (including phenoxy) is 1. The summed E-state index contributed by atoms with van der Waals surface area (Å²) >= 11 is 0. The Bertz CT molecular complexity index is 480. The molecule has 2 N–H and O–H groups in total. The van der Waals surface area contributed by atoms with Crippen LogP contribution in [0.2, 0.25) is 0 Å². The molecule has 6 heteroatoms. The molecule has 1 aromatic rings. The molecule has 0 fully saturated rings. The summed E-state index contributed by atoms with van der Waals surface area (Å²) in [6.07, 6.45) is 2.29. The molecule has 1 rings (SSSR count). The van der Waals surface area contributed by atoms with Crippen LogP contribution in [-0.4, -0.2) is 27.8 Å². The van der Waals surface area contributed by atoms with Crippen molar-refractivity contribution in [2.45, 2.75) is 39.2 Å². The van der Waals surface area contributed by atoms with Gasteiger partial charge in [0.2, 0.25) is 0 Å². The Labute approximate surface area is 111 Å². The predicted octanol–water partition coefficient (Wildman–Crippen LogP) is 2.62. The predicted molar refractivity (Wildman–Crippen MR) is 70.1 cm³/mol. The van der Waals surface area contributed by atoms with Gasteiger partial charge in [-0.2, -0.15) is 0 Å². The molecule has 0 saturated carbocycles. The van der Waals surface area contributed by atoms with Crippen LogP contribution < -0.4 is 5.32 Å². The van der Waals surface area contributed by atoms with Crippen molar-refractivity contribution in [1.82, 2.24) is 4.98 Å².